The molecule has 0 spiro atoms. The maximum absolute atomic E-state index is 13.1. The standard InChI is InChI=1S/C18H18N4O3S2/c19-18-20-12-16(26-18)15-10-14(27(23,24)13-4-2-1-3-5-13)11-17(21-15)22-6-8-25-9-7-22/h1-5,10-12H,6-9H2,(H2,19,20). The van der Waals surface area contributed by atoms with E-state index in [1.54, 1.807) is 48.7 Å². The van der Waals surface area contributed by atoms with E-state index in [9.17, 15) is 8.42 Å². The minimum absolute atomic E-state index is 0.201. The van der Waals surface area contributed by atoms with E-state index in [1.807, 2.05) is 4.90 Å². The highest BCUT2D eigenvalue weighted by atomic mass is 32.2. The Hall–Kier alpha value is -2.49. The van der Waals surface area contributed by atoms with Crippen LogP contribution in [0.15, 0.2) is 58.5 Å². The van der Waals surface area contributed by atoms with Gasteiger partial charge in [-0.25, -0.2) is 18.4 Å². The van der Waals surface area contributed by atoms with Crippen molar-refractivity contribution in [3.05, 3.63) is 48.7 Å². The Kier molecular flexibility index (Phi) is 4.81. The van der Waals surface area contributed by atoms with Gasteiger partial charge in [0.05, 0.1) is 33.6 Å². The lowest BCUT2D eigenvalue weighted by Gasteiger charge is -2.28. The molecule has 1 fully saturated rings. The van der Waals surface area contributed by atoms with Crippen LogP contribution in [0.25, 0.3) is 10.6 Å². The summed E-state index contributed by atoms with van der Waals surface area (Å²) in [6.45, 7) is 2.48. The number of aromatic nitrogens is 2. The number of anilines is 2. The summed E-state index contributed by atoms with van der Waals surface area (Å²) in [6.07, 6.45) is 1.62. The monoisotopic (exact) mass is 402 g/mol. The molecule has 1 aliphatic heterocycles. The maximum atomic E-state index is 13.1. The first kappa shape index (κ1) is 17.9. The fourth-order valence-corrected chi connectivity index (χ4v) is 4.83. The SMILES string of the molecule is Nc1ncc(-c2cc(S(=O)(=O)c3ccccc3)cc(N3CCOCC3)n2)s1. The number of morpholine rings is 1. The van der Waals surface area contributed by atoms with Crippen molar-refractivity contribution < 1.29 is 13.2 Å². The predicted octanol–water partition coefficient (Wildman–Crippen LogP) is 2.46. The molecule has 2 aromatic heterocycles. The van der Waals surface area contributed by atoms with Gasteiger partial charge in [-0.05, 0) is 24.3 Å². The summed E-state index contributed by atoms with van der Waals surface area (Å²) in [4.78, 5) is 11.9. The van der Waals surface area contributed by atoms with Crippen LogP contribution in [0, 0.1) is 0 Å². The highest BCUT2D eigenvalue weighted by Gasteiger charge is 2.23. The lowest BCUT2D eigenvalue weighted by molar-refractivity contribution is 0.122. The zero-order valence-corrected chi connectivity index (χ0v) is 16.0. The molecular weight excluding hydrogens is 384 g/mol. The van der Waals surface area contributed by atoms with Crippen molar-refractivity contribution in [3.63, 3.8) is 0 Å². The molecule has 3 heterocycles. The summed E-state index contributed by atoms with van der Waals surface area (Å²) in [7, 11) is -3.67. The average Bonchev–Trinajstić information content (AvgIpc) is 3.15. The molecule has 0 aliphatic carbocycles. The first-order valence-corrected chi connectivity index (χ1v) is 10.7. The molecule has 1 saturated heterocycles. The fourth-order valence-electron chi connectivity index (χ4n) is 2.87. The molecule has 0 atom stereocenters. The summed E-state index contributed by atoms with van der Waals surface area (Å²) in [6, 6.07) is 11.6. The van der Waals surface area contributed by atoms with E-state index in [2.05, 4.69) is 9.97 Å². The number of hydrogen-bond donors (Lipinski definition) is 1. The number of ether oxygens (including phenoxy) is 1. The number of rotatable bonds is 4. The molecule has 0 amide bonds. The number of benzene rings is 1. The first-order valence-electron chi connectivity index (χ1n) is 8.40. The third-order valence-electron chi connectivity index (χ3n) is 4.26. The topological polar surface area (TPSA) is 98.4 Å². The minimum atomic E-state index is -3.67. The molecule has 4 rings (SSSR count). The van der Waals surface area contributed by atoms with Gasteiger partial charge in [-0.15, -0.1) is 0 Å². The zero-order chi connectivity index (χ0) is 18.9. The Balaban J connectivity index is 1.85. The number of nitrogens with zero attached hydrogens (tertiary/aromatic N) is 3. The fraction of sp³-hybridized carbons (Fsp3) is 0.222. The lowest BCUT2D eigenvalue weighted by Crippen LogP contribution is -2.36. The van der Waals surface area contributed by atoms with E-state index in [-0.39, 0.29) is 9.79 Å². The van der Waals surface area contributed by atoms with Crippen LogP contribution in [0.2, 0.25) is 0 Å². The van der Waals surface area contributed by atoms with Gasteiger partial charge in [-0.2, -0.15) is 0 Å². The van der Waals surface area contributed by atoms with E-state index >= 15 is 0 Å². The molecule has 0 bridgehead atoms. The molecular formula is C18H18N4O3S2. The van der Waals surface area contributed by atoms with Gasteiger partial charge in [-0.3, -0.25) is 0 Å². The number of nitrogens with two attached hydrogens (primary N) is 1. The van der Waals surface area contributed by atoms with Crippen LogP contribution in [0.5, 0.6) is 0 Å². The van der Waals surface area contributed by atoms with Crippen LogP contribution in [0.1, 0.15) is 0 Å². The van der Waals surface area contributed by atoms with Crippen LogP contribution in [0.3, 0.4) is 0 Å². The second-order valence-corrected chi connectivity index (χ2v) is 9.04. The van der Waals surface area contributed by atoms with Crippen LogP contribution >= 0.6 is 11.3 Å². The molecule has 140 valence electrons. The molecule has 1 aromatic carbocycles. The summed E-state index contributed by atoms with van der Waals surface area (Å²) in [5.41, 5.74) is 6.29. The highest BCUT2D eigenvalue weighted by molar-refractivity contribution is 7.91. The van der Waals surface area contributed by atoms with Crippen LogP contribution in [0.4, 0.5) is 10.9 Å². The van der Waals surface area contributed by atoms with E-state index in [1.165, 1.54) is 11.3 Å². The van der Waals surface area contributed by atoms with Gasteiger partial charge in [0, 0.05) is 19.3 Å². The van der Waals surface area contributed by atoms with E-state index in [4.69, 9.17) is 10.5 Å². The Morgan fingerprint density at radius 2 is 1.81 bits per heavy atom. The molecule has 7 nitrogen and oxygen atoms in total. The summed E-state index contributed by atoms with van der Waals surface area (Å²) in [5.74, 6) is 0.609. The molecule has 27 heavy (non-hydrogen) atoms. The van der Waals surface area contributed by atoms with Crippen molar-refractivity contribution in [3.8, 4) is 10.6 Å². The minimum Gasteiger partial charge on any atom is -0.378 e. The molecule has 9 heteroatoms. The second kappa shape index (κ2) is 7.26. The lowest BCUT2D eigenvalue weighted by atomic mass is 10.3. The van der Waals surface area contributed by atoms with Gasteiger partial charge >= 0.3 is 0 Å². The summed E-state index contributed by atoms with van der Waals surface area (Å²) in [5, 5.41) is 0.413. The maximum Gasteiger partial charge on any atom is 0.206 e. The molecule has 2 N–H and O–H groups in total. The van der Waals surface area contributed by atoms with Crippen molar-refractivity contribution in [2.75, 3.05) is 36.9 Å². The van der Waals surface area contributed by atoms with Crippen molar-refractivity contribution in [1.82, 2.24) is 9.97 Å². The molecule has 0 unspecified atom stereocenters. The number of pyridine rings is 1. The van der Waals surface area contributed by atoms with Crippen molar-refractivity contribution >= 4 is 32.1 Å². The number of sulfone groups is 1. The average molecular weight is 403 g/mol. The Labute approximate surface area is 161 Å². The normalized spacial score (nSPS) is 15.0. The molecule has 3 aromatic rings. The molecule has 0 radical (unpaired) electrons. The Bertz CT molecular complexity index is 1050. The first-order chi connectivity index (χ1) is 13.0. The summed E-state index contributed by atoms with van der Waals surface area (Å²) >= 11 is 1.28. The van der Waals surface area contributed by atoms with Gasteiger partial charge in [0.1, 0.15) is 5.82 Å². The molecule has 1 aliphatic rings. The Morgan fingerprint density at radius 3 is 2.48 bits per heavy atom. The second-order valence-electron chi connectivity index (χ2n) is 6.02. The third-order valence-corrected chi connectivity index (χ3v) is 6.86. The van der Waals surface area contributed by atoms with Gasteiger partial charge < -0.3 is 15.4 Å². The zero-order valence-electron chi connectivity index (χ0n) is 14.4. The van der Waals surface area contributed by atoms with E-state index < -0.39 is 9.84 Å². The van der Waals surface area contributed by atoms with E-state index in [0.717, 1.165) is 4.88 Å². The van der Waals surface area contributed by atoms with Crippen molar-refractivity contribution in [1.29, 1.82) is 0 Å². The highest BCUT2D eigenvalue weighted by Crippen LogP contribution is 2.32. The smallest absolute Gasteiger partial charge is 0.206 e. The number of hydrogen-bond acceptors (Lipinski definition) is 8. The van der Waals surface area contributed by atoms with Gasteiger partial charge in [-0.1, -0.05) is 29.5 Å². The van der Waals surface area contributed by atoms with Gasteiger partial charge in [0.15, 0.2) is 5.13 Å². The van der Waals surface area contributed by atoms with E-state index in [0.29, 0.717) is 42.9 Å². The largest absolute Gasteiger partial charge is 0.378 e. The van der Waals surface area contributed by atoms with Crippen molar-refractivity contribution in [2.45, 2.75) is 9.79 Å². The quantitative estimate of drug-likeness (QED) is 0.716. The van der Waals surface area contributed by atoms with Crippen LogP contribution in [-0.2, 0) is 14.6 Å². The number of nitrogen functional groups attached to an aromatic ring is 1. The van der Waals surface area contributed by atoms with Crippen LogP contribution < -0.4 is 10.6 Å². The third kappa shape index (κ3) is 3.66. The van der Waals surface area contributed by atoms with Gasteiger partial charge in [0.2, 0.25) is 9.84 Å². The molecule has 0 saturated carbocycles. The van der Waals surface area contributed by atoms with Crippen molar-refractivity contribution in [2.24, 2.45) is 0 Å². The van der Waals surface area contributed by atoms with Gasteiger partial charge in [0.25, 0.3) is 0 Å². The Morgan fingerprint density at radius 1 is 1.07 bits per heavy atom. The summed E-state index contributed by atoms with van der Waals surface area (Å²) < 4.78 is 31.7. The van der Waals surface area contributed by atoms with Crippen LogP contribution in [-0.4, -0.2) is 44.7 Å². The number of thiazole rings is 1. The predicted molar refractivity (Wildman–Crippen MR) is 105 cm³/mol.